The highest BCUT2D eigenvalue weighted by Gasteiger charge is 2.08. The Kier molecular flexibility index (Phi) is 6.67. The molecular weight excluding hydrogens is 277 g/mol. The van der Waals surface area contributed by atoms with Gasteiger partial charge < -0.3 is 10.0 Å². The molecule has 0 fully saturated rings. The fourth-order valence-electron chi connectivity index (χ4n) is 1.25. The zero-order valence-electron chi connectivity index (χ0n) is 9.99. The van der Waals surface area contributed by atoms with Crippen molar-refractivity contribution in [2.45, 2.75) is 17.9 Å². The highest BCUT2D eigenvalue weighted by atomic mass is 35.5. The third kappa shape index (κ3) is 5.06. The van der Waals surface area contributed by atoms with E-state index in [4.69, 9.17) is 28.3 Å². The molecule has 17 heavy (non-hydrogen) atoms. The van der Waals surface area contributed by atoms with Crippen LogP contribution in [0.1, 0.15) is 6.92 Å². The summed E-state index contributed by atoms with van der Waals surface area (Å²) in [6, 6.07) is 5.66. The molecule has 1 N–H and O–H groups in total. The monoisotopic (exact) mass is 293 g/mol. The molecule has 1 rings (SSSR count). The van der Waals surface area contributed by atoms with Gasteiger partial charge in [0.1, 0.15) is 0 Å². The first-order chi connectivity index (χ1) is 8.04. The Hall–Kier alpha value is 0.0700. The predicted molar refractivity (Wildman–Crippen MR) is 76.4 cm³/mol. The summed E-state index contributed by atoms with van der Waals surface area (Å²) in [5, 5.41) is 10.5. The Morgan fingerprint density at radius 2 is 2.12 bits per heavy atom. The van der Waals surface area contributed by atoms with Crippen molar-refractivity contribution in [1.29, 1.82) is 0 Å². The van der Waals surface area contributed by atoms with Crippen LogP contribution in [0.25, 0.3) is 0 Å². The number of nitrogens with zero attached hydrogens (tertiary/aromatic N) is 1. The second-order valence-corrected chi connectivity index (χ2v) is 5.92. The Labute approximate surface area is 117 Å². The van der Waals surface area contributed by atoms with Gasteiger partial charge in [-0.05, 0) is 32.2 Å². The Morgan fingerprint density at radius 1 is 1.41 bits per heavy atom. The van der Waals surface area contributed by atoms with Crippen molar-refractivity contribution in [3.63, 3.8) is 0 Å². The number of aliphatic hydroxyl groups is 1. The van der Waals surface area contributed by atoms with Crippen molar-refractivity contribution in [3.8, 4) is 0 Å². The molecule has 0 aromatic heterocycles. The highest BCUT2D eigenvalue weighted by molar-refractivity contribution is 7.99. The molecule has 1 unspecified atom stereocenters. The van der Waals surface area contributed by atoms with E-state index >= 15 is 0 Å². The number of likely N-dealkylation sites (N-methyl/N-ethyl adjacent to an activating group) is 1. The number of benzene rings is 1. The smallest absolute Gasteiger partial charge is 0.0584 e. The second-order valence-electron chi connectivity index (χ2n) is 3.94. The van der Waals surface area contributed by atoms with Gasteiger partial charge in [-0.3, -0.25) is 0 Å². The number of hydrogen-bond donors (Lipinski definition) is 1. The van der Waals surface area contributed by atoms with Gasteiger partial charge in [-0.1, -0.05) is 23.2 Å². The number of hydrogen-bond acceptors (Lipinski definition) is 3. The largest absolute Gasteiger partial charge is 0.395 e. The number of aliphatic hydroxyl groups excluding tert-OH is 1. The minimum Gasteiger partial charge on any atom is -0.395 e. The predicted octanol–water partition coefficient (Wildman–Crippen LogP) is 3.40. The highest BCUT2D eigenvalue weighted by Crippen LogP contribution is 2.29. The summed E-state index contributed by atoms with van der Waals surface area (Å²) >= 11 is 13.7. The van der Waals surface area contributed by atoms with Gasteiger partial charge in [0.05, 0.1) is 11.6 Å². The summed E-state index contributed by atoms with van der Waals surface area (Å²) < 4.78 is 0. The first-order valence-electron chi connectivity index (χ1n) is 5.43. The van der Waals surface area contributed by atoms with Gasteiger partial charge >= 0.3 is 0 Å². The maximum Gasteiger partial charge on any atom is 0.0584 e. The van der Waals surface area contributed by atoms with Crippen molar-refractivity contribution in [2.75, 3.05) is 26.0 Å². The molecule has 0 heterocycles. The summed E-state index contributed by atoms with van der Waals surface area (Å²) in [6.07, 6.45) is 0. The molecule has 1 aromatic carbocycles. The van der Waals surface area contributed by atoms with Crippen LogP contribution in [0, 0.1) is 0 Å². The van der Waals surface area contributed by atoms with Crippen LogP contribution < -0.4 is 0 Å². The molecule has 0 spiro atoms. The van der Waals surface area contributed by atoms with Crippen LogP contribution in [0.5, 0.6) is 0 Å². The normalized spacial score (nSPS) is 13.1. The molecule has 0 aliphatic carbocycles. The van der Waals surface area contributed by atoms with E-state index in [0.29, 0.717) is 5.02 Å². The summed E-state index contributed by atoms with van der Waals surface area (Å²) in [5.41, 5.74) is 0. The average Bonchev–Trinajstić information content (AvgIpc) is 2.32. The zero-order chi connectivity index (χ0) is 12.8. The van der Waals surface area contributed by atoms with Crippen molar-refractivity contribution in [3.05, 3.63) is 28.2 Å². The van der Waals surface area contributed by atoms with Gasteiger partial charge in [0.2, 0.25) is 0 Å². The fraction of sp³-hybridized carbons (Fsp3) is 0.500. The van der Waals surface area contributed by atoms with Crippen molar-refractivity contribution >= 4 is 35.0 Å². The third-order valence-electron chi connectivity index (χ3n) is 2.61. The molecule has 96 valence electrons. The SMILES string of the molecule is CC(CO)N(C)CCSc1cc(Cl)ccc1Cl. The van der Waals surface area contributed by atoms with E-state index in [1.54, 1.807) is 17.8 Å². The van der Waals surface area contributed by atoms with Crippen molar-refractivity contribution < 1.29 is 5.11 Å². The molecule has 0 amide bonds. The minimum atomic E-state index is 0.180. The van der Waals surface area contributed by atoms with Crippen LogP contribution in [-0.2, 0) is 0 Å². The fourth-order valence-corrected chi connectivity index (χ4v) is 2.78. The van der Waals surface area contributed by atoms with Crippen LogP contribution in [0.15, 0.2) is 23.1 Å². The molecule has 2 nitrogen and oxygen atoms in total. The van der Waals surface area contributed by atoms with E-state index < -0.39 is 0 Å². The summed E-state index contributed by atoms with van der Waals surface area (Å²) in [6.45, 7) is 3.07. The lowest BCUT2D eigenvalue weighted by molar-refractivity contribution is 0.165. The van der Waals surface area contributed by atoms with Crippen molar-refractivity contribution in [1.82, 2.24) is 4.90 Å². The van der Waals surface area contributed by atoms with Crippen LogP contribution in [-0.4, -0.2) is 42.0 Å². The maximum absolute atomic E-state index is 9.02. The van der Waals surface area contributed by atoms with Gasteiger partial charge in [-0.2, -0.15) is 0 Å². The summed E-state index contributed by atoms with van der Waals surface area (Å²) in [5.74, 6) is 0.918. The first kappa shape index (κ1) is 15.1. The summed E-state index contributed by atoms with van der Waals surface area (Å²) in [4.78, 5) is 3.12. The minimum absolute atomic E-state index is 0.180. The average molecular weight is 294 g/mol. The van der Waals surface area contributed by atoms with E-state index in [9.17, 15) is 0 Å². The Morgan fingerprint density at radius 3 is 2.76 bits per heavy atom. The molecule has 1 atom stereocenters. The lowest BCUT2D eigenvalue weighted by Gasteiger charge is -2.22. The van der Waals surface area contributed by atoms with Crippen LogP contribution in [0.3, 0.4) is 0 Å². The number of rotatable bonds is 6. The van der Waals surface area contributed by atoms with Gasteiger partial charge in [-0.25, -0.2) is 0 Å². The van der Waals surface area contributed by atoms with Gasteiger partial charge in [-0.15, -0.1) is 11.8 Å². The quantitative estimate of drug-likeness (QED) is 0.813. The molecular formula is C12H17Cl2NOS. The second kappa shape index (κ2) is 7.49. The van der Waals surface area contributed by atoms with Crippen molar-refractivity contribution in [2.24, 2.45) is 0 Å². The molecule has 0 saturated carbocycles. The molecule has 0 saturated heterocycles. The van der Waals surface area contributed by atoms with E-state index in [2.05, 4.69) is 4.90 Å². The van der Waals surface area contributed by atoms with Crippen LogP contribution in [0.2, 0.25) is 10.0 Å². The molecule has 0 aliphatic rings. The summed E-state index contributed by atoms with van der Waals surface area (Å²) in [7, 11) is 2.00. The van der Waals surface area contributed by atoms with Gasteiger partial charge in [0.25, 0.3) is 0 Å². The molecule has 5 heteroatoms. The molecule has 0 bridgehead atoms. The van der Waals surface area contributed by atoms with Gasteiger partial charge in [0, 0.05) is 28.3 Å². The van der Waals surface area contributed by atoms with E-state index in [0.717, 1.165) is 22.2 Å². The number of thioether (sulfide) groups is 1. The Balaban J connectivity index is 2.43. The molecule has 0 radical (unpaired) electrons. The van der Waals surface area contributed by atoms with Gasteiger partial charge in [0.15, 0.2) is 0 Å². The van der Waals surface area contributed by atoms with Crippen LogP contribution >= 0.6 is 35.0 Å². The zero-order valence-corrected chi connectivity index (χ0v) is 12.3. The first-order valence-corrected chi connectivity index (χ1v) is 7.17. The standard InChI is InChI=1S/C12H17Cl2NOS/c1-9(8-16)15(2)5-6-17-12-7-10(13)3-4-11(12)14/h3-4,7,9,16H,5-6,8H2,1-2H3. The molecule has 0 aliphatic heterocycles. The third-order valence-corrected chi connectivity index (χ3v) is 4.32. The molecule has 1 aromatic rings. The lowest BCUT2D eigenvalue weighted by Crippen LogP contribution is -2.33. The van der Waals surface area contributed by atoms with E-state index in [1.165, 1.54) is 0 Å². The lowest BCUT2D eigenvalue weighted by atomic mass is 10.3. The number of halogens is 2. The maximum atomic E-state index is 9.02. The van der Waals surface area contributed by atoms with Crippen LogP contribution in [0.4, 0.5) is 0 Å². The van der Waals surface area contributed by atoms with E-state index in [1.807, 2.05) is 26.1 Å². The van der Waals surface area contributed by atoms with E-state index in [-0.39, 0.29) is 12.6 Å². The topological polar surface area (TPSA) is 23.5 Å². The Bertz CT molecular complexity index is 362.